The molecule has 0 aliphatic rings. The number of nitrogens with zero attached hydrogens (tertiary/aromatic N) is 3. The van der Waals surface area contributed by atoms with E-state index in [0.29, 0.717) is 16.7 Å². The number of fused-ring (bicyclic) bond motifs is 1. The minimum absolute atomic E-state index is 0.256. The van der Waals surface area contributed by atoms with Crippen molar-refractivity contribution in [1.82, 2.24) is 14.8 Å². The molecule has 0 aliphatic carbocycles. The van der Waals surface area contributed by atoms with Crippen LogP contribution in [-0.4, -0.2) is 28.1 Å². The molecule has 0 aliphatic heterocycles. The van der Waals surface area contributed by atoms with Gasteiger partial charge in [-0.05, 0) is 18.2 Å². The first-order valence-corrected chi connectivity index (χ1v) is 6.82. The highest BCUT2D eigenvalue weighted by Gasteiger charge is 2.40. The lowest BCUT2D eigenvalue weighted by molar-refractivity contribution is -0.149. The van der Waals surface area contributed by atoms with Gasteiger partial charge in [-0.2, -0.15) is 22.7 Å². The van der Waals surface area contributed by atoms with E-state index in [9.17, 15) is 17.6 Å². The molecule has 0 amide bonds. The third-order valence-corrected chi connectivity index (χ3v) is 3.59. The zero-order chi connectivity index (χ0) is 17.5. The second-order valence-corrected chi connectivity index (χ2v) is 5.01. The van der Waals surface area contributed by atoms with Gasteiger partial charge >= 0.3 is 6.18 Å². The van der Waals surface area contributed by atoms with Crippen molar-refractivity contribution in [2.24, 2.45) is 5.73 Å². The van der Waals surface area contributed by atoms with Crippen molar-refractivity contribution in [1.29, 1.82) is 0 Å². The van der Waals surface area contributed by atoms with Crippen molar-refractivity contribution in [3.63, 3.8) is 0 Å². The SMILES string of the molecule is COc1nccc2c(-n3ncc(C(N)C(F)(F)F)c3F)cccc12. The number of aromatic nitrogens is 3. The van der Waals surface area contributed by atoms with Crippen LogP contribution >= 0.6 is 0 Å². The molecule has 2 heterocycles. The Balaban J connectivity index is 2.18. The van der Waals surface area contributed by atoms with Gasteiger partial charge in [0.25, 0.3) is 0 Å². The minimum Gasteiger partial charge on any atom is -0.481 e. The molecule has 9 heteroatoms. The molecule has 1 aromatic carbocycles. The second-order valence-electron chi connectivity index (χ2n) is 5.01. The maximum Gasteiger partial charge on any atom is 0.407 e. The van der Waals surface area contributed by atoms with Gasteiger partial charge in [0.15, 0.2) is 0 Å². The van der Waals surface area contributed by atoms with Crippen LogP contribution in [0.2, 0.25) is 0 Å². The second kappa shape index (κ2) is 5.75. The van der Waals surface area contributed by atoms with Gasteiger partial charge < -0.3 is 10.5 Å². The van der Waals surface area contributed by atoms with Gasteiger partial charge in [-0.3, -0.25) is 0 Å². The Morgan fingerprint density at radius 1 is 1.21 bits per heavy atom. The number of nitrogens with two attached hydrogens (primary N) is 1. The van der Waals surface area contributed by atoms with Gasteiger partial charge in [0.2, 0.25) is 11.8 Å². The molecule has 1 atom stereocenters. The lowest BCUT2D eigenvalue weighted by Gasteiger charge is -2.14. The van der Waals surface area contributed by atoms with Crippen LogP contribution in [0, 0.1) is 5.95 Å². The number of alkyl halides is 3. The standard InChI is InChI=1S/C15H12F4N4O/c1-24-14-9-3-2-4-11(8(9)5-6-21-14)23-13(16)10(7-22-23)12(20)15(17,18)19/h2-7,12H,20H2,1H3. The van der Waals surface area contributed by atoms with E-state index < -0.39 is 23.7 Å². The van der Waals surface area contributed by atoms with E-state index in [1.165, 1.54) is 19.4 Å². The smallest absolute Gasteiger partial charge is 0.407 e. The summed E-state index contributed by atoms with van der Waals surface area (Å²) in [6.45, 7) is 0. The van der Waals surface area contributed by atoms with Gasteiger partial charge in [-0.1, -0.05) is 6.07 Å². The first-order valence-electron chi connectivity index (χ1n) is 6.82. The number of rotatable bonds is 3. The molecule has 5 nitrogen and oxygen atoms in total. The summed E-state index contributed by atoms with van der Waals surface area (Å²) >= 11 is 0. The van der Waals surface area contributed by atoms with E-state index in [1.807, 2.05) is 0 Å². The van der Waals surface area contributed by atoms with Crippen LogP contribution in [0.1, 0.15) is 11.6 Å². The summed E-state index contributed by atoms with van der Waals surface area (Å²) in [4.78, 5) is 4.03. The van der Waals surface area contributed by atoms with E-state index in [2.05, 4.69) is 10.1 Å². The first kappa shape index (κ1) is 16.2. The van der Waals surface area contributed by atoms with Crippen LogP contribution < -0.4 is 10.5 Å². The Hall–Kier alpha value is -2.68. The molecule has 1 unspecified atom stereocenters. The molecule has 0 spiro atoms. The highest BCUT2D eigenvalue weighted by molar-refractivity contribution is 5.93. The highest BCUT2D eigenvalue weighted by atomic mass is 19.4. The van der Waals surface area contributed by atoms with Gasteiger partial charge in [-0.25, -0.2) is 9.67 Å². The third kappa shape index (κ3) is 2.56. The lowest BCUT2D eigenvalue weighted by atomic mass is 10.1. The Bertz CT molecular complexity index is 891. The first-order chi connectivity index (χ1) is 11.3. The molecule has 2 aromatic heterocycles. The molecular formula is C15H12F4N4O. The number of benzene rings is 1. The van der Waals surface area contributed by atoms with Crippen LogP contribution in [0.3, 0.4) is 0 Å². The van der Waals surface area contributed by atoms with E-state index in [1.54, 1.807) is 18.2 Å². The van der Waals surface area contributed by atoms with Gasteiger partial charge in [0.1, 0.15) is 6.04 Å². The molecule has 3 rings (SSSR count). The van der Waals surface area contributed by atoms with Crippen molar-refractivity contribution in [2.45, 2.75) is 12.2 Å². The fourth-order valence-corrected chi connectivity index (χ4v) is 2.41. The average Bonchev–Trinajstić information content (AvgIpc) is 2.93. The maximum absolute atomic E-state index is 14.5. The Morgan fingerprint density at radius 2 is 1.96 bits per heavy atom. The summed E-state index contributed by atoms with van der Waals surface area (Å²) in [6.07, 6.45) is -2.53. The lowest BCUT2D eigenvalue weighted by Crippen LogP contribution is -2.29. The largest absolute Gasteiger partial charge is 0.481 e. The summed E-state index contributed by atoms with van der Waals surface area (Å²) in [5, 5.41) is 4.83. The number of ether oxygens (including phenoxy) is 1. The third-order valence-electron chi connectivity index (χ3n) is 3.59. The molecular weight excluding hydrogens is 328 g/mol. The topological polar surface area (TPSA) is 66.0 Å². The van der Waals surface area contributed by atoms with E-state index >= 15 is 0 Å². The van der Waals surface area contributed by atoms with Crippen LogP contribution in [0.25, 0.3) is 16.5 Å². The Kier molecular flexibility index (Phi) is 3.88. The van der Waals surface area contributed by atoms with Crippen molar-refractivity contribution in [3.05, 3.63) is 48.2 Å². The van der Waals surface area contributed by atoms with Crippen molar-refractivity contribution in [3.8, 4) is 11.6 Å². The molecule has 3 aromatic rings. The summed E-state index contributed by atoms with van der Waals surface area (Å²) in [7, 11) is 1.43. The van der Waals surface area contributed by atoms with Crippen molar-refractivity contribution in [2.75, 3.05) is 7.11 Å². The number of hydrogen-bond acceptors (Lipinski definition) is 4. The van der Waals surface area contributed by atoms with Crippen LogP contribution in [0.15, 0.2) is 36.7 Å². The molecule has 0 bridgehead atoms. The fraction of sp³-hybridized carbons (Fsp3) is 0.200. The average molecular weight is 340 g/mol. The fourth-order valence-electron chi connectivity index (χ4n) is 2.41. The minimum atomic E-state index is -4.76. The molecule has 24 heavy (non-hydrogen) atoms. The molecule has 0 fully saturated rings. The Morgan fingerprint density at radius 3 is 2.62 bits per heavy atom. The van der Waals surface area contributed by atoms with E-state index in [0.717, 1.165) is 10.9 Å². The van der Waals surface area contributed by atoms with Crippen LogP contribution in [0.4, 0.5) is 17.6 Å². The number of pyridine rings is 1. The predicted octanol–water partition coefficient (Wildman–Crippen LogP) is 3.13. The summed E-state index contributed by atoms with van der Waals surface area (Å²) in [6, 6.07) is 3.98. The van der Waals surface area contributed by atoms with Crippen molar-refractivity contribution < 1.29 is 22.3 Å². The number of methoxy groups -OCH3 is 1. The normalized spacial score (nSPS) is 13.2. The van der Waals surface area contributed by atoms with Gasteiger partial charge in [0.05, 0.1) is 24.6 Å². The molecule has 0 radical (unpaired) electrons. The maximum atomic E-state index is 14.5. The monoisotopic (exact) mass is 340 g/mol. The zero-order valence-electron chi connectivity index (χ0n) is 12.4. The van der Waals surface area contributed by atoms with Crippen molar-refractivity contribution >= 4 is 10.8 Å². The van der Waals surface area contributed by atoms with Gasteiger partial charge in [-0.15, -0.1) is 0 Å². The molecule has 2 N–H and O–H groups in total. The molecule has 0 saturated heterocycles. The molecule has 126 valence electrons. The predicted molar refractivity (Wildman–Crippen MR) is 78.4 cm³/mol. The summed E-state index contributed by atoms with van der Waals surface area (Å²) in [5.74, 6) is -0.850. The quantitative estimate of drug-likeness (QED) is 0.744. The zero-order valence-corrected chi connectivity index (χ0v) is 12.4. The highest BCUT2D eigenvalue weighted by Crippen LogP contribution is 2.33. The number of halogens is 4. The van der Waals surface area contributed by atoms with Crippen LogP contribution in [-0.2, 0) is 0 Å². The van der Waals surface area contributed by atoms with Crippen LogP contribution in [0.5, 0.6) is 5.88 Å². The summed E-state index contributed by atoms with van der Waals surface area (Å²) in [5.41, 5.74) is 4.61. The van der Waals surface area contributed by atoms with E-state index in [-0.39, 0.29) is 5.69 Å². The summed E-state index contributed by atoms with van der Waals surface area (Å²) < 4.78 is 58.6. The van der Waals surface area contributed by atoms with Gasteiger partial charge in [0, 0.05) is 17.0 Å². The molecule has 0 saturated carbocycles. The van der Waals surface area contributed by atoms with E-state index in [4.69, 9.17) is 10.5 Å². The Labute approximate surface area is 133 Å². The number of hydrogen-bond donors (Lipinski definition) is 1.